The number of fused-ring (bicyclic) bond motifs is 1. The molecule has 2 saturated carbocycles. The van der Waals surface area contributed by atoms with Gasteiger partial charge in [-0.1, -0.05) is 0 Å². The predicted molar refractivity (Wildman–Crippen MR) is 113 cm³/mol. The van der Waals surface area contributed by atoms with Gasteiger partial charge in [0.05, 0.1) is 11.6 Å². The molecule has 34 heavy (non-hydrogen) atoms. The lowest BCUT2D eigenvalue weighted by Crippen LogP contribution is -2.56. The minimum atomic E-state index is -4.71. The van der Waals surface area contributed by atoms with Crippen LogP contribution in [0, 0.1) is 11.3 Å². The van der Waals surface area contributed by atoms with E-state index in [1.807, 2.05) is 6.07 Å². The summed E-state index contributed by atoms with van der Waals surface area (Å²) >= 11 is 0. The van der Waals surface area contributed by atoms with Gasteiger partial charge in [-0.3, -0.25) is 9.59 Å². The van der Waals surface area contributed by atoms with Crippen LogP contribution in [-0.4, -0.2) is 68.1 Å². The van der Waals surface area contributed by atoms with E-state index in [2.05, 4.69) is 5.10 Å². The molecule has 0 unspecified atom stereocenters. The van der Waals surface area contributed by atoms with Crippen LogP contribution in [0.4, 0.5) is 13.2 Å². The Kier molecular flexibility index (Phi) is 5.51. The number of aliphatic hydroxyl groups excluding tert-OH is 1. The monoisotopic (exact) mass is 475 g/mol. The summed E-state index contributed by atoms with van der Waals surface area (Å²) in [4.78, 5) is 29.0. The van der Waals surface area contributed by atoms with Crippen LogP contribution in [0.1, 0.15) is 71.8 Å². The number of pyridine rings is 1. The zero-order valence-corrected chi connectivity index (χ0v) is 18.4. The van der Waals surface area contributed by atoms with Crippen LogP contribution >= 0.6 is 0 Å². The fourth-order valence-corrected chi connectivity index (χ4v) is 5.05. The Balaban J connectivity index is 1.44. The van der Waals surface area contributed by atoms with E-state index in [0.717, 1.165) is 18.9 Å². The van der Waals surface area contributed by atoms with Gasteiger partial charge in [0, 0.05) is 19.1 Å². The van der Waals surface area contributed by atoms with E-state index < -0.39 is 17.8 Å². The summed E-state index contributed by atoms with van der Waals surface area (Å²) in [6, 6.07) is 4.42. The summed E-state index contributed by atoms with van der Waals surface area (Å²) in [6.45, 7) is 0.262. The van der Waals surface area contributed by atoms with Gasteiger partial charge < -0.3 is 14.9 Å². The first kappa shape index (κ1) is 22.7. The smallest absolute Gasteiger partial charge is 0.393 e. The second kappa shape index (κ2) is 8.27. The molecule has 0 aromatic carbocycles. The number of carbonyl (C=O) groups is 2. The number of nitriles is 1. The number of aliphatic hydroxyl groups is 1. The Morgan fingerprint density at radius 2 is 1.82 bits per heavy atom. The minimum Gasteiger partial charge on any atom is -0.393 e. The first-order valence-electron chi connectivity index (χ1n) is 11.5. The Hall–Kier alpha value is -3.13. The highest BCUT2D eigenvalue weighted by Gasteiger charge is 2.39. The lowest BCUT2D eigenvalue weighted by molar-refractivity contribution is -0.142. The van der Waals surface area contributed by atoms with Crippen molar-refractivity contribution in [1.29, 1.82) is 5.26 Å². The molecule has 180 valence electrons. The van der Waals surface area contributed by atoms with Crippen LogP contribution < -0.4 is 0 Å². The predicted octanol–water partition coefficient (Wildman–Crippen LogP) is 2.69. The molecule has 11 heteroatoms. The quantitative estimate of drug-likeness (QED) is 0.736. The van der Waals surface area contributed by atoms with Crippen molar-refractivity contribution in [3.8, 4) is 6.07 Å². The van der Waals surface area contributed by atoms with Crippen LogP contribution in [-0.2, 0) is 11.0 Å². The Morgan fingerprint density at radius 1 is 1.12 bits per heavy atom. The van der Waals surface area contributed by atoms with Gasteiger partial charge >= 0.3 is 6.18 Å². The Morgan fingerprint density at radius 3 is 2.41 bits per heavy atom. The summed E-state index contributed by atoms with van der Waals surface area (Å²) in [5, 5.41) is 23.3. The van der Waals surface area contributed by atoms with Crippen molar-refractivity contribution >= 4 is 17.3 Å². The van der Waals surface area contributed by atoms with Crippen LogP contribution in [0.15, 0.2) is 12.1 Å². The van der Waals surface area contributed by atoms with Crippen molar-refractivity contribution in [1.82, 2.24) is 19.4 Å². The highest BCUT2D eigenvalue weighted by Crippen LogP contribution is 2.43. The standard InChI is InChI=1S/C23H24F3N5O3/c24-23(25,26)19-10-14(13-1-2-13)9-18-17(11-27)21(28-31(18)19)22(34)29-7-8-30(20(33)12-29)15-3-5-16(32)6-4-15/h9-10,13,15-16,32H,1-8,12H2/t15-,16-. The van der Waals surface area contributed by atoms with Crippen LogP contribution in [0.25, 0.3) is 5.52 Å². The second-order valence-electron chi connectivity index (χ2n) is 9.35. The maximum absolute atomic E-state index is 13.8. The number of piperazine rings is 1. The molecular formula is C23H24F3N5O3. The third kappa shape index (κ3) is 4.00. The molecule has 3 heterocycles. The number of aromatic nitrogens is 2. The molecule has 5 rings (SSSR count). The number of alkyl halides is 3. The first-order chi connectivity index (χ1) is 16.2. The van der Waals surface area contributed by atoms with Gasteiger partial charge in [-0.2, -0.15) is 23.5 Å². The Labute approximate surface area is 193 Å². The van der Waals surface area contributed by atoms with E-state index in [1.165, 1.54) is 11.0 Å². The molecule has 0 radical (unpaired) electrons. The van der Waals surface area contributed by atoms with Gasteiger partial charge in [0.2, 0.25) is 5.91 Å². The number of halogens is 3. The molecule has 0 atom stereocenters. The second-order valence-corrected chi connectivity index (χ2v) is 9.35. The fourth-order valence-electron chi connectivity index (χ4n) is 5.05. The number of nitrogens with zero attached hydrogens (tertiary/aromatic N) is 5. The van der Waals surface area contributed by atoms with Crippen molar-refractivity contribution in [2.75, 3.05) is 19.6 Å². The molecule has 2 aromatic heterocycles. The van der Waals surface area contributed by atoms with Gasteiger partial charge in [0.1, 0.15) is 23.9 Å². The summed E-state index contributed by atoms with van der Waals surface area (Å²) in [6.07, 6.45) is -0.885. The third-order valence-electron chi connectivity index (χ3n) is 7.06. The van der Waals surface area contributed by atoms with E-state index in [1.54, 1.807) is 4.90 Å². The highest BCUT2D eigenvalue weighted by molar-refractivity contribution is 5.99. The summed E-state index contributed by atoms with van der Waals surface area (Å²) in [5.41, 5.74) is -1.18. The van der Waals surface area contributed by atoms with Crippen LogP contribution in [0.5, 0.6) is 0 Å². The van der Waals surface area contributed by atoms with E-state index >= 15 is 0 Å². The van der Waals surface area contributed by atoms with Crippen molar-refractivity contribution in [2.45, 2.75) is 62.8 Å². The largest absolute Gasteiger partial charge is 0.433 e. The number of hydrogen-bond acceptors (Lipinski definition) is 5. The fraction of sp³-hybridized carbons (Fsp3) is 0.565. The lowest BCUT2D eigenvalue weighted by Gasteiger charge is -2.41. The normalized spacial score (nSPS) is 23.9. The summed E-state index contributed by atoms with van der Waals surface area (Å²) < 4.78 is 41.9. The first-order valence-corrected chi connectivity index (χ1v) is 11.5. The van der Waals surface area contributed by atoms with Gasteiger partial charge in [-0.15, -0.1) is 0 Å². The molecule has 2 amide bonds. The van der Waals surface area contributed by atoms with E-state index in [0.29, 0.717) is 42.3 Å². The summed E-state index contributed by atoms with van der Waals surface area (Å²) in [5.74, 6) is -0.970. The molecule has 3 fully saturated rings. The molecule has 1 N–H and O–H groups in total. The van der Waals surface area contributed by atoms with Crippen LogP contribution in [0.2, 0.25) is 0 Å². The minimum absolute atomic E-state index is 0.00760. The number of rotatable bonds is 3. The van der Waals surface area contributed by atoms with Crippen LogP contribution in [0.3, 0.4) is 0 Å². The van der Waals surface area contributed by atoms with Gasteiger partial charge in [0.25, 0.3) is 5.91 Å². The van der Waals surface area contributed by atoms with Gasteiger partial charge in [0.15, 0.2) is 5.69 Å². The molecule has 8 nitrogen and oxygen atoms in total. The molecule has 2 aromatic rings. The van der Waals surface area contributed by atoms with Crippen molar-refractivity contribution in [3.05, 3.63) is 34.6 Å². The SMILES string of the molecule is N#Cc1c(C(=O)N2CCN([C@H]3CC[C@H](O)CC3)C(=O)C2)nn2c(C(F)(F)F)cc(C3CC3)cc12. The summed E-state index contributed by atoms with van der Waals surface area (Å²) in [7, 11) is 0. The maximum atomic E-state index is 13.8. The molecule has 0 bridgehead atoms. The molecule has 0 spiro atoms. The average Bonchev–Trinajstić information content (AvgIpc) is 3.58. The highest BCUT2D eigenvalue weighted by atomic mass is 19.4. The number of hydrogen-bond donors (Lipinski definition) is 1. The van der Waals surface area contributed by atoms with Crippen molar-refractivity contribution in [2.24, 2.45) is 0 Å². The molecular weight excluding hydrogens is 451 g/mol. The molecule has 1 aliphatic heterocycles. The zero-order chi connectivity index (χ0) is 24.2. The van der Waals surface area contributed by atoms with Gasteiger partial charge in [-0.05, 0) is 62.1 Å². The number of amides is 2. The molecule has 1 saturated heterocycles. The van der Waals surface area contributed by atoms with E-state index in [4.69, 9.17) is 0 Å². The maximum Gasteiger partial charge on any atom is 0.433 e. The molecule has 3 aliphatic rings. The topological polar surface area (TPSA) is 102 Å². The van der Waals surface area contributed by atoms with Crippen molar-refractivity contribution < 1.29 is 27.9 Å². The number of carbonyl (C=O) groups excluding carboxylic acids is 2. The van der Waals surface area contributed by atoms with Crippen molar-refractivity contribution in [3.63, 3.8) is 0 Å². The van der Waals surface area contributed by atoms with E-state index in [9.17, 15) is 33.1 Å². The average molecular weight is 475 g/mol. The van der Waals surface area contributed by atoms with Gasteiger partial charge in [-0.25, -0.2) is 4.52 Å². The zero-order valence-electron chi connectivity index (χ0n) is 18.4. The van der Waals surface area contributed by atoms with E-state index in [-0.39, 0.29) is 53.8 Å². The lowest BCUT2D eigenvalue weighted by atomic mass is 9.91. The Bertz CT molecular complexity index is 1190. The molecule has 2 aliphatic carbocycles. The third-order valence-corrected chi connectivity index (χ3v) is 7.06.